The van der Waals surface area contributed by atoms with Gasteiger partial charge in [-0.05, 0) is 31.4 Å². The summed E-state index contributed by atoms with van der Waals surface area (Å²) >= 11 is 1.97. The van der Waals surface area contributed by atoms with Crippen molar-refractivity contribution in [3.63, 3.8) is 0 Å². The van der Waals surface area contributed by atoms with Gasteiger partial charge in [0, 0.05) is 17.8 Å². The van der Waals surface area contributed by atoms with Crippen LogP contribution in [0, 0.1) is 5.92 Å². The van der Waals surface area contributed by atoms with Gasteiger partial charge < -0.3 is 5.32 Å². The number of hydrogen-bond donors (Lipinski definition) is 3. The Hall–Kier alpha value is -0.420. The smallest absolute Gasteiger partial charge is 0.205 e. The van der Waals surface area contributed by atoms with E-state index >= 15 is 0 Å². The molecule has 1 saturated carbocycles. The van der Waals surface area contributed by atoms with E-state index < -0.39 is 0 Å². The minimum absolute atomic E-state index is 0.517. The highest BCUT2D eigenvalue weighted by atomic mass is 32.2. The van der Waals surface area contributed by atoms with Gasteiger partial charge in [-0.25, -0.2) is 5.84 Å². The van der Waals surface area contributed by atoms with Crippen molar-refractivity contribution in [2.45, 2.75) is 50.8 Å². The maximum Gasteiger partial charge on any atom is 0.205 e. The normalized spacial score (nSPS) is 26.1. The van der Waals surface area contributed by atoms with Gasteiger partial charge in [0.2, 0.25) is 5.96 Å². The zero-order valence-corrected chi connectivity index (χ0v) is 12.0. The van der Waals surface area contributed by atoms with Gasteiger partial charge in [-0.1, -0.05) is 20.3 Å². The summed E-state index contributed by atoms with van der Waals surface area (Å²) < 4.78 is 0. The first-order valence-corrected chi connectivity index (χ1v) is 7.74. The van der Waals surface area contributed by atoms with Crippen LogP contribution in [0.1, 0.15) is 39.5 Å². The van der Waals surface area contributed by atoms with Crippen molar-refractivity contribution in [1.82, 2.24) is 10.7 Å². The topological polar surface area (TPSA) is 62.4 Å². The molecule has 1 aliphatic carbocycles. The lowest BCUT2D eigenvalue weighted by Gasteiger charge is -2.29. The summed E-state index contributed by atoms with van der Waals surface area (Å²) in [5.74, 6) is 6.80. The molecular formula is C12H26N4S. The molecule has 1 fully saturated rings. The molecule has 4 N–H and O–H groups in total. The van der Waals surface area contributed by atoms with Crippen LogP contribution in [0.2, 0.25) is 0 Å². The summed E-state index contributed by atoms with van der Waals surface area (Å²) in [7, 11) is 0. The number of hydrazine groups is 1. The van der Waals surface area contributed by atoms with E-state index in [9.17, 15) is 0 Å². The summed E-state index contributed by atoms with van der Waals surface area (Å²) in [4.78, 5) is 4.45. The Morgan fingerprint density at radius 3 is 2.82 bits per heavy atom. The van der Waals surface area contributed by atoms with Crippen LogP contribution in [0.25, 0.3) is 0 Å². The number of hydrogen-bond acceptors (Lipinski definition) is 3. The van der Waals surface area contributed by atoms with Crippen LogP contribution in [-0.4, -0.2) is 30.1 Å². The zero-order valence-electron chi connectivity index (χ0n) is 11.2. The van der Waals surface area contributed by atoms with E-state index in [0.29, 0.717) is 12.0 Å². The number of thioether (sulfide) groups is 1. The minimum Gasteiger partial charge on any atom is -0.353 e. The average molecular weight is 258 g/mol. The largest absolute Gasteiger partial charge is 0.353 e. The Labute approximate surface area is 109 Å². The fourth-order valence-electron chi connectivity index (χ4n) is 2.09. The molecule has 0 aromatic rings. The van der Waals surface area contributed by atoms with E-state index in [1.54, 1.807) is 0 Å². The van der Waals surface area contributed by atoms with Crippen molar-refractivity contribution in [2.24, 2.45) is 16.8 Å². The lowest BCUT2D eigenvalue weighted by Crippen LogP contribution is -2.48. The van der Waals surface area contributed by atoms with Crippen molar-refractivity contribution < 1.29 is 0 Å². The monoisotopic (exact) mass is 258 g/mol. The molecule has 0 aromatic carbocycles. The molecule has 1 rings (SSSR count). The lowest BCUT2D eigenvalue weighted by molar-refractivity contribution is 0.418. The SMILES string of the molecule is CSC1CCCC(NC(=NCC(C)C)NN)C1. The molecule has 0 amide bonds. The van der Waals surface area contributed by atoms with Crippen LogP contribution in [0.5, 0.6) is 0 Å². The third-order valence-electron chi connectivity index (χ3n) is 3.05. The van der Waals surface area contributed by atoms with Gasteiger partial charge in [-0.2, -0.15) is 11.8 Å². The zero-order chi connectivity index (χ0) is 12.7. The third-order valence-corrected chi connectivity index (χ3v) is 4.15. The average Bonchev–Trinajstić information content (AvgIpc) is 2.34. The number of nitrogens with two attached hydrogens (primary N) is 1. The van der Waals surface area contributed by atoms with Gasteiger partial charge in [-0.15, -0.1) is 0 Å². The minimum atomic E-state index is 0.517. The Morgan fingerprint density at radius 2 is 2.24 bits per heavy atom. The Kier molecular flexibility index (Phi) is 6.73. The first-order chi connectivity index (χ1) is 8.15. The second-order valence-corrected chi connectivity index (χ2v) is 6.23. The van der Waals surface area contributed by atoms with Crippen LogP contribution >= 0.6 is 11.8 Å². The van der Waals surface area contributed by atoms with E-state index in [2.05, 4.69) is 35.8 Å². The molecule has 0 heterocycles. The molecule has 0 aliphatic heterocycles. The molecule has 17 heavy (non-hydrogen) atoms. The van der Waals surface area contributed by atoms with Crippen LogP contribution in [-0.2, 0) is 0 Å². The first kappa shape index (κ1) is 14.6. The van der Waals surface area contributed by atoms with Gasteiger partial charge in [-0.3, -0.25) is 10.4 Å². The van der Waals surface area contributed by atoms with E-state index in [1.807, 2.05) is 11.8 Å². The van der Waals surface area contributed by atoms with E-state index in [-0.39, 0.29) is 0 Å². The summed E-state index contributed by atoms with van der Waals surface area (Å²) in [6.45, 7) is 5.12. The predicted octanol–water partition coefficient (Wildman–Crippen LogP) is 1.73. The van der Waals surface area contributed by atoms with Gasteiger partial charge in [0.25, 0.3) is 0 Å². The molecule has 0 spiro atoms. The summed E-state index contributed by atoms with van der Waals surface area (Å²) in [6, 6.07) is 0.517. The molecular weight excluding hydrogens is 232 g/mol. The van der Waals surface area contributed by atoms with Crippen LogP contribution < -0.4 is 16.6 Å². The maximum atomic E-state index is 5.49. The van der Waals surface area contributed by atoms with Crippen molar-refractivity contribution >= 4 is 17.7 Å². The van der Waals surface area contributed by atoms with Gasteiger partial charge >= 0.3 is 0 Å². The van der Waals surface area contributed by atoms with Crippen molar-refractivity contribution in [3.8, 4) is 0 Å². The highest BCUT2D eigenvalue weighted by Crippen LogP contribution is 2.26. The lowest BCUT2D eigenvalue weighted by atomic mass is 9.95. The number of rotatable bonds is 4. The van der Waals surface area contributed by atoms with Crippen molar-refractivity contribution in [2.75, 3.05) is 12.8 Å². The highest BCUT2D eigenvalue weighted by molar-refractivity contribution is 7.99. The number of aliphatic imine (C=N–C) groups is 1. The first-order valence-electron chi connectivity index (χ1n) is 6.46. The summed E-state index contributed by atoms with van der Waals surface area (Å²) in [6.07, 6.45) is 7.27. The van der Waals surface area contributed by atoms with Gasteiger partial charge in [0.05, 0.1) is 0 Å². The Bertz CT molecular complexity index is 243. The fourth-order valence-corrected chi connectivity index (χ4v) is 2.92. The summed E-state index contributed by atoms with van der Waals surface area (Å²) in [5.41, 5.74) is 2.67. The second-order valence-electron chi connectivity index (χ2n) is 5.09. The van der Waals surface area contributed by atoms with E-state index in [0.717, 1.165) is 17.8 Å². The van der Waals surface area contributed by atoms with Crippen molar-refractivity contribution in [1.29, 1.82) is 0 Å². The summed E-state index contributed by atoms with van der Waals surface area (Å²) in [5, 5.41) is 4.21. The molecule has 0 bridgehead atoms. The number of guanidine groups is 1. The van der Waals surface area contributed by atoms with E-state index in [4.69, 9.17) is 5.84 Å². The Balaban J connectivity index is 2.41. The van der Waals surface area contributed by atoms with Crippen LogP contribution in [0.15, 0.2) is 4.99 Å². The fraction of sp³-hybridized carbons (Fsp3) is 0.917. The molecule has 0 radical (unpaired) electrons. The molecule has 5 heteroatoms. The molecule has 1 aliphatic rings. The van der Waals surface area contributed by atoms with Crippen molar-refractivity contribution in [3.05, 3.63) is 0 Å². The molecule has 4 nitrogen and oxygen atoms in total. The molecule has 2 atom stereocenters. The molecule has 2 unspecified atom stereocenters. The predicted molar refractivity (Wildman–Crippen MR) is 77.2 cm³/mol. The molecule has 0 aromatic heterocycles. The number of nitrogens with zero attached hydrogens (tertiary/aromatic N) is 1. The second kappa shape index (κ2) is 7.82. The molecule has 100 valence electrons. The van der Waals surface area contributed by atoms with Crippen LogP contribution in [0.4, 0.5) is 0 Å². The number of nitrogens with one attached hydrogen (secondary N) is 2. The molecule has 0 saturated heterocycles. The maximum absolute atomic E-state index is 5.49. The quantitative estimate of drug-likeness (QED) is 0.311. The third kappa shape index (κ3) is 5.64. The van der Waals surface area contributed by atoms with Crippen LogP contribution in [0.3, 0.4) is 0 Å². The van der Waals surface area contributed by atoms with Gasteiger partial charge in [0.1, 0.15) is 0 Å². The Morgan fingerprint density at radius 1 is 1.47 bits per heavy atom. The highest BCUT2D eigenvalue weighted by Gasteiger charge is 2.21. The van der Waals surface area contributed by atoms with E-state index in [1.165, 1.54) is 25.7 Å². The standard InChI is InChI=1S/C12H26N4S/c1-9(2)8-14-12(16-13)15-10-5-4-6-11(7-10)17-3/h9-11H,4-8,13H2,1-3H3,(H2,14,15,16). The van der Waals surface area contributed by atoms with Gasteiger partial charge in [0.15, 0.2) is 0 Å².